The number of aliphatic hydroxyl groups excluding tert-OH is 1. The molecule has 2 N–H and O–H groups in total. The quantitative estimate of drug-likeness (QED) is 0.831. The third-order valence-corrected chi connectivity index (χ3v) is 2.70. The van der Waals surface area contributed by atoms with Crippen LogP contribution >= 0.6 is 0 Å². The second kappa shape index (κ2) is 6.06. The van der Waals surface area contributed by atoms with Crippen LogP contribution in [0.25, 0.3) is 0 Å². The SMILES string of the molecule is O=C(O)c1ccc(N(CCO)Cc2ccccc2)o1. The van der Waals surface area contributed by atoms with Gasteiger partial charge < -0.3 is 19.5 Å². The molecule has 0 aliphatic rings. The summed E-state index contributed by atoms with van der Waals surface area (Å²) in [6, 6.07) is 12.7. The molecule has 0 aliphatic carbocycles. The molecule has 1 aromatic heterocycles. The molecule has 19 heavy (non-hydrogen) atoms. The molecule has 0 amide bonds. The Morgan fingerprint density at radius 1 is 1.16 bits per heavy atom. The Morgan fingerprint density at radius 2 is 1.89 bits per heavy atom. The number of rotatable bonds is 6. The van der Waals surface area contributed by atoms with E-state index in [9.17, 15) is 4.79 Å². The summed E-state index contributed by atoms with van der Waals surface area (Å²) in [5.41, 5.74) is 1.06. The smallest absolute Gasteiger partial charge is 0.371 e. The highest BCUT2D eigenvalue weighted by atomic mass is 16.4. The minimum atomic E-state index is -1.10. The molecule has 5 heteroatoms. The molecule has 0 saturated heterocycles. The van der Waals surface area contributed by atoms with Crippen LogP contribution in [0.5, 0.6) is 0 Å². The Kier molecular flexibility index (Phi) is 4.20. The summed E-state index contributed by atoms with van der Waals surface area (Å²) in [7, 11) is 0. The molecule has 100 valence electrons. The van der Waals surface area contributed by atoms with E-state index >= 15 is 0 Å². The molecular weight excluding hydrogens is 246 g/mol. The van der Waals surface area contributed by atoms with Crippen molar-refractivity contribution in [2.24, 2.45) is 0 Å². The van der Waals surface area contributed by atoms with Gasteiger partial charge in [-0.15, -0.1) is 0 Å². The molecule has 5 nitrogen and oxygen atoms in total. The number of nitrogens with zero attached hydrogens (tertiary/aromatic N) is 1. The summed E-state index contributed by atoms with van der Waals surface area (Å²) in [5.74, 6) is -0.767. The van der Waals surface area contributed by atoms with Crippen molar-refractivity contribution in [1.29, 1.82) is 0 Å². The van der Waals surface area contributed by atoms with Crippen LogP contribution < -0.4 is 4.90 Å². The van der Waals surface area contributed by atoms with Gasteiger partial charge in [-0.3, -0.25) is 0 Å². The van der Waals surface area contributed by atoms with E-state index < -0.39 is 5.97 Å². The van der Waals surface area contributed by atoms with Gasteiger partial charge in [0.05, 0.1) is 6.61 Å². The summed E-state index contributed by atoms with van der Waals surface area (Å²) in [6.07, 6.45) is 0. The summed E-state index contributed by atoms with van der Waals surface area (Å²) >= 11 is 0. The van der Waals surface area contributed by atoms with Crippen LogP contribution in [0.15, 0.2) is 46.9 Å². The topological polar surface area (TPSA) is 73.9 Å². The number of aromatic carboxylic acids is 1. The molecule has 0 radical (unpaired) electrons. The molecular formula is C14H15NO4. The summed E-state index contributed by atoms with van der Waals surface area (Å²) in [4.78, 5) is 12.6. The van der Waals surface area contributed by atoms with Crippen LogP contribution in [-0.2, 0) is 6.54 Å². The maximum absolute atomic E-state index is 10.8. The van der Waals surface area contributed by atoms with Crippen LogP contribution in [0, 0.1) is 0 Å². The lowest BCUT2D eigenvalue weighted by Crippen LogP contribution is -2.25. The highest BCUT2D eigenvalue weighted by Gasteiger charge is 2.14. The fourth-order valence-electron chi connectivity index (χ4n) is 1.80. The molecule has 0 saturated carbocycles. The number of carboxylic acids is 1. The van der Waals surface area contributed by atoms with Gasteiger partial charge >= 0.3 is 5.97 Å². The molecule has 0 unspecified atom stereocenters. The number of benzene rings is 1. The van der Waals surface area contributed by atoms with Gasteiger partial charge in [0.1, 0.15) is 0 Å². The summed E-state index contributed by atoms with van der Waals surface area (Å²) < 4.78 is 5.25. The van der Waals surface area contributed by atoms with E-state index in [1.165, 1.54) is 6.07 Å². The largest absolute Gasteiger partial charge is 0.475 e. The molecule has 0 aliphatic heterocycles. The second-order valence-corrected chi connectivity index (χ2v) is 4.07. The van der Waals surface area contributed by atoms with Crippen LogP contribution in [0.4, 0.5) is 5.88 Å². The van der Waals surface area contributed by atoms with Crippen LogP contribution in [0.1, 0.15) is 16.1 Å². The zero-order chi connectivity index (χ0) is 13.7. The van der Waals surface area contributed by atoms with Crippen molar-refractivity contribution in [3.05, 3.63) is 53.8 Å². The Bertz CT molecular complexity index is 535. The van der Waals surface area contributed by atoms with Crippen molar-refractivity contribution in [1.82, 2.24) is 0 Å². The first-order valence-electron chi connectivity index (χ1n) is 5.93. The van der Waals surface area contributed by atoms with Crippen LogP contribution in [0.2, 0.25) is 0 Å². The molecule has 0 bridgehead atoms. The average molecular weight is 261 g/mol. The number of anilines is 1. The van der Waals surface area contributed by atoms with E-state index in [1.54, 1.807) is 11.0 Å². The number of aliphatic hydroxyl groups is 1. The predicted octanol–water partition coefficient (Wildman–Crippen LogP) is 1.98. The third kappa shape index (κ3) is 3.35. The van der Waals surface area contributed by atoms with Crippen LogP contribution in [0.3, 0.4) is 0 Å². The van der Waals surface area contributed by atoms with E-state index in [2.05, 4.69) is 0 Å². The number of furan rings is 1. The molecule has 1 heterocycles. The lowest BCUT2D eigenvalue weighted by molar-refractivity contribution is 0.0663. The Hall–Kier alpha value is -2.27. The van der Waals surface area contributed by atoms with Gasteiger partial charge in [0, 0.05) is 19.2 Å². The lowest BCUT2D eigenvalue weighted by atomic mass is 10.2. The van der Waals surface area contributed by atoms with Crippen molar-refractivity contribution >= 4 is 11.9 Å². The van der Waals surface area contributed by atoms with Gasteiger partial charge in [0.25, 0.3) is 0 Å². The Labute approximate surface area is 110 Å². The van der Waals surface area contributed by atoms with Gasteiger partial charge in [0.15, 0.2) is 5.88 Å². The molecule has 1 aromatic carbocycles. The van der Waals surface area contributed by atoms with E-state index in [0.29, 0.717) is 19.0 Å². The third-order valence-electron chi connectivity index (χ3n) is 2.70. The zero-order valence-electron chi connectivity index (χ0n) is 10.3. The minimum absolute atomic E-state index is 0.0318. The Balaban J connectivity index is 2.17. The maximum atomic E-state index is 10.8. The molecule has 0 fully saturated rings. The maximum Gasteiger partial charge on any atom is 0.371 e. The molecule has 2 rings (SSSR count). The number of hydrogen-bond donors (Lipinski definition) is 2. The average Bonchev–Trinajstić information content (AvgIpc) is 2.89. The highest BCUT2D eigenvalue weighted by molar-refractivity contribution is 5.84. The molecule has 0 atom stereocenters. The van der Waals surface area contributed by atoms with Gasteiger partial charge in [0.2, 0.25) is 5.76 Å². The van der Waals surface area contributed by atoms with E-state index in [-0.39, 0.29) is 12.4 Å². The van der Waals surface area contributed by atoms with Crippen molar-refractivity contribution in [3.63, 3.8) is 0 Å². The van der Waals surface area contributed by atoms with Gasteiger partial charge in [-0.1, -0.05) is 30.3 Å². The fraction of sp³-hybridized carbons (Fsp3) is 0.214. The molecule has 0 spiro atoms. The first-order chi connectivity index (χ1) is 9.20. The second-order valence-electron chi connectivity index (χ2n) is 4.07. The summed E-state index contributed by atoms with van der Waals surface area (Å²) in [5, 5.41) is 17.9. The van der Waals surface area contributed by atoms with Gasteiger partial charge in [-0.2, -0.15) is 0 Å². The number of carbonyl (C=O) groups is 1. The fourth-order valence-corrected chi connectivity index (χ4v) is 1.80. The van der Waals surface area contributed by atoms with Gasteiger partial charge in [-0.05, 0) is 11.6 Å². The number of carboxylic acid groups (broad SMARTS) is 1. The van der Waals surface area contributed by atoms with Crippen molar-refractivity contribution in [2.45, 2.75) is 6.54 Å². The first-order valence-corrected chi connectivity index (χ1v) is 5.93. The van der Waals surface area contributed by atoms with Crippen molar-refractivity contribution in [2.75, 3.05) is 18.1 Å². The first kappa shape index (κ1) is 13.2. The van der Waals surface area contributed by atoms with Crippen molar-refractivity contribution < 1.29 is 19.4 Å². The predicted molar refractivity (Wildman–Crippen MR) is 70.2 cm³/mol. The number of hydrogen-bond acceptors (Lipinski definition) is 4. The van der Waals surface area contributed by atoms with E-state index in [1.807, 2.05) is 30.3 Å². The van der Waals surface area contributed by atoms with Gasteiger partial charge in [-0.25, -0.2) is 4.79 Å². The van der Waals surface area contributed by atoms with E-state index in [0.717, 1.165) is 5.56 Å². The van der Waals surface area contributed by atoms with Crippen molar-refractivity contribution in [3.8, 4) is 0 Å². The normalized spacial score (nSPS) is 10.4. The van der Waals surface area contributed by atoms with E-state index in [4.69, 9.17) is 14.6 Å². The highest BCUT2D eigenvalue weighted by Crippen LogP contribution is 2.20. The monoisotopic (exact) mass is 261 g/mol. The zero-order valence-corrected chi connectivity index (χ0v) is 10.3. The summed E-state index contributed by atoms with van der Waals surface area (Å²) in [6.45, 7) is 0.894. The molecule has 2 aromatic rings. The minimum Gasteiger partial charge on any atom is -0.475 e. The lowest BCUT2D eigenvalue weighted by Gasteiger charge is -2.20. The Morgan fingerprint density at radius 3 is 2.47 bits per heavy atom. The van der Waals surface area contributed by atoms with Crippen LogP contribution in [-0.4, -0.2) is 29.3 Å². The standard InChI is InChI=1S/C14H15NO4/c16-9-8-15(10-11-4-2-1-3-5-11)13-7-6-12(19-13)14(17)18/h1-7,16H,8-10H2,(H,17,18).